The molecule has 3 aromatic carbocycles. The van der Waals surface area contributed by atoms with Crippen molar-refractivity contribution in [2.24, 2.45) is 0 Å². The van der Waals surface area contributed by atoms with Gasteiger partial charge in [-0.2, -0.15) is 0 Å². The van der Waals surface area contributed by atoms with E-state index in [9.17, 15) is 0 Å². The van der Waals surface area contributed by atoms with Crippen LogP contribution in [0.1, 0.15) is 23.4 Å². The van der Waals surface area contributed by atoms with Crippen LogP contribution in [0, 0.1) is 0 Å². The second kappa shape index (κ2) is 11.1. The Labute approximate surface area is 208 Å². The van der Waals surface area contributed by atoms with E-state index < -0.39 is 0 Å². The van der Waals surface area contributed by atoms with E-state index in [0.717, 1.165) is 41.8 Å². The molecule has 8 heteroatoms. The number of H-pyrrole nitrogens is 1. The Bertz CT molecular complexity index is 1190. The van der Waals surface area contributed by atoms with E-state index in [4.69, 9.17) is 44.3 Å². The average Bonchev–Trinajstić information content (AvgIpc) is 3.22. The third-order valence-electron chi connectivity index (χ3n) is 5.29. The summed E-state index contributed by atoms with van der Waals surface area (Å²) in [4.78, 5) is 7.97. The number of rotatable bonds is 10. The van der Waals surface area contributed by atoms with Crippen LogP contribution in [0.2, 0.25) is 15.1 Å². The van der Waals surface area contributed by atoms with Crippen molar-refractivity contribution in [1.82, 2.24) is 15.3 Å². The molecular formula is C25H24Cl3N3O2. The fourth-order valence-electron chi connectivity index (χ4n) is 3.53. The van der Waals surface area contributed by atoms with Crippen molar-refractivity contribution in [3.63, 3.8) is 0 Å². The minimum atomic E-state index is 0.213. The van der Waals surface area contributed by atoms with Crippen LogP contribution in [0.3, 0.4) is 0 Å². The van der Waals surface area contributed by atoms with Gasteiger partial charge in [-0.25, -0.2) is 4.98 Å². The van der Waals surface area contributed by atoms with Crippen LogP contribution >= 0.6 is 34.8 Å². The van der Waals surface area contributed by atoms with Crippen LogP contribution in [-0.4, -0.2) is 23.6 Å². The van der Waals surface area contributed by atoms with Crippen LogP contribution in [0.4, 0.5) is 0 Å². The predicted molar refractivity (Wildman–Crippen MR) is 135 cm³/mol. The fraction of sp³-hybridized carbons (Fsp3) is 0.240. The van der Waals surface area contributed by atoms with Crippen molar-refractivity contribution in [2.45, 2.75) is 26.0 Å². The molecule has 4 aromatic rings. The normalized spacial score (nSPS) is 11.2. The third kappa shape index (κ3) is 5.92. The number of aromatic nitrogens is 2. The molecule has 0 unspecified atom stereocenters. The lowest BCUT2D eigenvalue weighted by atomic mass is 10.2. The monoisotopic (exact) mass is 503 g/mol. The van der Waals surface area contributed by atoms with Crippen molar-refractivity contribution in [3.8, 4) is 11.5 Å². The number of aromatic amines is 1. The minimum Gasteiger partial charge on any atom is -0.493 e. The quantitative estimate of drug-likeness (QED) is 0.232. The first-order chi connectivity index (χ1) is 16.0. The molecule has 0 radical (unpaired) electrons. The zero-order valence-corrected chi connectivity index (χ0v) is 20.4. The molecule has 0 bridgehead atoms. The summed E-state index contributed by atoms with van der Waals surface area (Å²) in [6.07, 6.45) is 1.82. The zero-order chi connectivity index (χ0) is 23.2. The van der Waals surface area contributed by atoms with Gasteiger partial charge in [-0.05, 0) is 48.9 Å². The van der Waals surface area contributed by atoms with Crippen LogP contribution in [0.5, 0.6) is 11.5 Å². The van der Waals surface area contributed by atoms with Gasteiger partial charge in [0.05, 0.1) is 18.1 Å². The standard InChI is InChI=1S/C25H24Cl3N3O2/c1-32-23-12-16(14-29-11-5-10-25-30-21-8-2-3-9-22(21)31-25)20(28)13-24(23)33-15-17-18(26)6-4-7-19(17)27/h2-4,6-9,12-13,29H,5,10-11,14-15H2,1H3,(H,30,31). The molecule has 5 nitrogen and oxygen atoms in total. The number of ether oxygens (including phenoxy) is 2. The number of methoxy groups -OCH3 is 1. The molecule has 33 heavy (non-hydrogen) atoms. The number of fused-ring (bicyclic) bond motifs is 1. The number of nitrogens with zero attached hydrogens (tertiary/aromatic N) is 1. The molecule has 1 heterocycles. The summed E-state index contributed by atoms with van der Waals surface area (Å²) in [5.74, 6) is 2.13. The van der Waals surface area contributed by atoms with E-state index in [0.29, 0.717) is 38.7 Å². The molecule has 4 rings (SSSR count). The minimum absolute atomic E-state index is 0.213. The molecule has 0 fully saturated rings. The number of hydrogen-bond acceptors (Lipinski definition) is 4. The molecule has 0 atom stereocenters. The van der Waals surface area contributed by atoms with E-state index in [1.807, 2.05) is 30.3 Å². The van der Waals surface area contributed by atoms with Gasteiger partial charge in [-0.3, -0.25) is 0 Å². The highest BCUT2D eigenvalue weighted by Crippen LogP contribution is 2.35. The van der Waals surface area contributed by atoms with Crippen molar-refractivity contribution < 1.29 is 9.47 Å². The average molecular weight is 505 g/mol. The van der Waals surface area contributed by atoms with Gasteiger partial charge in [0.1, 0.15) is 12.4 Å². The summed E-state index contributed by atoms with van der Waals surface area (Å²) < 4.78 is 11.4. The second-order valence-corrected chi connectivity index (χ2v) is 8.79. The first-order valence-electron chi connectivity index (χ1n) is 10.6. The van der Waals surface area contributed by atoms with Crippen molar-refractivity contribution in [3.05, 3.63) is 86.6 Å². The van der Waals surface area contributed by atoms with Gasteiger partial charge >= 0.3 is 0 Å². The van der Waals surface area contributed by atoms with E-state index >= 15 is 0 Å². The molecule has 0 aliphatic rings. The van der Waals surface area contributed by atoms with Crippen molar-refractivity contribution >= 4 is 45.8 Å². The maximum Gasteiger partial charge on any atom is 0.163 e. The Morgan fingerprint density at radius 2 is 1.73 bits per heavy atom. The predicted octanol–water partition coefficient (Wildman–Crippen LogP) is 6.83. The number of hydrogen-bond donors (Lipinski definition) is 2. The number of aryl methyl sites for hydroxylation is 1. The Kier molecular flexibility index (Phi) is 7.99. The summed E-state index contributed by atoms with van der Waals surface area (Å²) >= 11 is 19.0. The molecule has 0 spiro atoms. The van der Waals surface area contributed by atoms with Gasteiger partial charge in [0, 0.05) is 39.7 Å². The van der Waals surface area contributed by atoms with E-state index in [1.165, 1.54) is 0 Å². The zero-order valence-electron chi connectivity index (χ0n) is 18.1. The highest BCUT2D eigenvalue weighted by atomic mass is 35.5. The van der Waals surface area contributed by atoms with Gasteiger partial charge in [-0.1, -0.05) is 53.0 Å². The van der Waals surface area contributed by atoms with Gasteiger partial charge in [-0.15, -0.1) is 0 Å². The van der Waals surface area contributed by atoms with Crippen LogP contribution < -0.4 is 14.8 Å². The van der Waals surface area contributed by atoms with Gasteiger partial charge < -0.3 is 19.8 Å². The Morgan fingerprint density at radius 1 is 0.939 bits per heavy atom. The molecule has 1 aromatic heterocycles. The lowest BCUT2D eigenvalue weighted by Gasteiger charge is -2.15. The molecule has 0 aliphatic carbocycles. The molecule has 2 N–H and O–H groups in total. The lowest BCUT2D eigenvalue weighted by molar-refractivity contribution is 0.284. The van der Waals surface area contributed by atoms with Crippen LogP contribution in [0.25, 0.3) is 11.0 Å². The molecule has 0 saturated carbocycles. The number of nitrogens with one attached hydrogen (secondary N) is 2. The van der Waals surface area contributed by atoms with E-state index in [1.54, 1.807) is 31.4 Å². The highest BCUT2D eigenvalue weighted by molar-refractivity contribution is 6.36. The highest BCUT2D eigenvalue weighted by Gasteiger charge is 2.13. The topological polar surface area (TPSA) is 59.2 Å². The summed E-state index contributed by atoms with van der Waals surface area (Å²) in [5.41, 5.74) is 3.71. The Balaban J connectivity index is 1.31. The Hall–Kier alpha value is -2.44. The van der Waals surface area contributed by atoms with Gasteiger partial charge in [0.25, 0.3) is 0 Å². The SMILES string of the molecule is COc1cc(CNCCCc2nc3ccccc3[nH]2)c(Cl)cc1OCc1c(Cl)cccc1Cl. The maximum atomic E-state index is 6.51. The number of benzene rings is 3. The Morgan fingerprint density at radius 3 is 2.48 bits per heavy atom. The molecule has 172 valence electrons. The van der Waals surface area contributed by atoms with E-state index in [2.05, 4.69) is 15.3 Å². The summed E-state index contributed by atoms with van der Waals surface area (Å²) in [6.45, 7) is 1.66. The van der Waals surface area contributed by atoms with E-state index in [-0.39, 0.29) is 6.61 Å². The van der Waals surface area contributed by atoms with Gasteiger partial charge in [0.2, 0.25) is 0 Å². The first kappa shape index (κ1) is 23.7. The molecule has 0 amide bonds. The summed E-state index contributed by atoms with van der Waals surface area (Å²) in [5, 5.41) is 5.13. The summed E-state index contributed by atoms with van der Waals surface area (Å²) in [6, 6.07) is 17.0. The number of para-hydroxylation sites is 2. The largest absolute Gasteiger partial charge is 0.493 e. The number of imidazole rings is 1. The van der Waals surface area contributed by atoms with Crippen molar-refractivity contribution in [1.29, 1.82) is 0 Å². The van der Waals surface area contributed by atoms with Crippen LogP contribution in [-0.2, 0) is 19.6 Å². The number of halogens is 3. The lowest BCUT2D eigenvalue weighted by Crippen LogP contribution is -2.16. The first-order valence-corrected chi connectivity index (χ1v) is 11.7. The van der Waals surface area contributed by atoms with Crippen molar-refractivity contribution in [2.75, 3.05) is 13.7 Å². The fourth-order valence-corrected chi connectivity index (χ4v) is 4.26. The van der Waals surface area contributed by atoms with Crippen LogP contribution in [0.15, 0.2) is 54.6 Å². The third-order valence-corrected chi connectivity index (χ3v) is 6.35. The molecule has 0 aliphatic heterocycles. The maximum absolute atomic E-state index is 6.51. The molecular weight excluding hydrogens is 481 g/mol. The second-order valence-electron chi connectivity index (χ2n) is 7.56. The smallest absolute Gasteiger partial charge is 0.163 e. The summed E-state index contributed by atoms with van der Waals surface area (Å²) in [7, 11) is 1.60. The molecule has 0 saturated heterocycles. The van der Waals surface area contributed by atoms with Gasteiger partial charge in [0.15, 0.2) is 11.5 Å².